The van der Waals surface area contributed by atoms with Gasteiger partial charge in [0.05, 0.1) is 90.2 Å². The number of hydrogen-bond donors (Lipinski definition) is 2. The largest absolute Gasteiger partial charge is 0.493 e. The minimum absolute atomic E-state index is 0. The van der Waals surface area contributed by atoms with E-state index < -0.39 is 10.4 Å². The van der Waals surface area contributed by atoms with Crippen LogP contribution in [0.2, 0.25) is 0 Å². The van der Waals surface area contributed by atoms with E-state index in [0.29, 0.717) is 73.3 Å². The van der Waals surface area contributed by atoms with Crippen molar-refractivity contribution in [2.75, 3.05) is 77.6 Å². The molecule has 24 heteroatoms. The van der Waals surface area contributed by atoms with E-state index in [2.05, 4.69) is 43.9 Å². The predicted molar refractivity (Wildman–Crippen MR) is 252 cm³/mol. The molecule has 2 aromatic rings. The van der Waals surface area contributed by atoms with Crippen LogP contribution in [-0.4, -0.2) is 182 Å². The van der Waals surface area contributed by atoms with Crippen LogP contribution in [0.5, 0.6) is 23.0 Å². The summed E-state index contributed by atoms with van der Waals surface area (Å²) in [6.07, 6.45) is 10.2. The van der Waals surface area contributed by atoms with Crippen LogP contribution in [0, 0.1) is 23.7 Å². The van der Waals surface area contributed by atoms with Crippen LogP contribution in [0.3, 0.4) is 0 Å². The van der Waals surface area contributed by atoms with Crippen molar-refractivity contribution in [1.29, 1.82) is 0 Å². The first-order valence-corrected chi connectivity index (χ1v) is 23.7. The van der Waals surface area contributed by atoms with Crippen molar-refractivity contribution in [1.82, 2.24) is 9.80 Å². The summed E-state index contributed by atoms with van der Waals surface area (Å²) in [4.78, 5) is 36.5. The number of carbonyl (C=O) groups excluding carboxylic acids is 2. The molecule has 12 atom stereocenters. The molecule has 0 aromatic heterocycles. The number of amides is 2. The predicted octanol–water partition coefficient (Wildman–Crippen LogP) is -2.21. The highest BCUT2D eigenvalue weighted by atomic mass is 32.3. The molecule has 10 aliphatic heterocycles. The van der Waals surface area contributed by atoms with E-state index in [1.54, 1.807) is 39.6 Å². The number of piperidine rings is 4. The van der Waals surface area contributed by atoms with Crippen LogP contribution in [0.1, 0.15) is 49.7 Å². The smallest absolute Gasteiger partial charge is 0.394 e. The number of rotatable bonds is 4. The molecule has 0 radical (unpaired) electrons. The number of carbonyl (C=O) groups is 2. The Balaban J connectivity index is 0.000000218. The number of methoxy groups -OCH3 is 4. The highest BCUT2D eigenvalue weighted by Gasteiger charge is 2.73. The normalized spacial score (nSPS) is 34.8. The average Bonchev–Trinajstić information content (AvgIpc) is 3.94. The minimum Gasteiger partial charge on any atom is -0.493 e. The van der Waals surface area contributed by atoms with Gasteiger partial charge in [-0.1, -0.05) is 23.3 Å². The molecule has 6 saturated heterocycles. The number of nitrogens with zero attached hydrogens (tertiary/aromatic N) is 4. The monoisotopic (exact) mass is 1010 g/mol. The van der Waals surface area contributed by atoms with E-state index in [-0.39, 0.29) is 85.3 Å². The zero-order valence-corrected chi connectivity index (χ0v) is 40.2. The van der Waals surface area contributed by atoms with E-state index in [9.17, 15) is 9.59 Å². The van der Waals surface area contributed by atoms with Crippen molar-refractivity contribution in [3.05, 3.63) is 58.7 Å². The van der Waals surface area contributed by atoms with E-state index in [4.69, 9.17) is 45.9 Å². The zero-order valence-electron chi connectivity index (χ0n) is 39.4. The summed E-state index contributed by atoms with van der Waals surface area (Å²) >= 11 is 0. The molecule has 8 fully saturated rings. The van der Waals surface area contributed by atoms with Crippen molar-refractivity contribution >= 4 is 33.6 Å². The summed E-state index contributed by atoms with van der Waals surface area (Å²) in [5.41, 5.74) is 7.70. The third kappa shape index (κ3) is 7.36. The molecule has 2 aromatic carbocycles. The van der Waals surface area contributed by atoms with Crippen molar-refractivity contribution in [3.63, 3.8) is 0 Å². The van der Waals surface area contributed by atoms with Gasteiger partial charge < -0.3 is 76.6 Å². The van der Waals surface area contributed by atoms with Gasteiger partial charge in [-0.2, -0.15) is 8.42 Å². The van der Waals surface area contributed by atoms with Gasteiger partial charge in [0.2, 0.25) is 11.8 Å². The molecule has 23 nitrogen and oxygen atoms in total. The van der Waals surface area contributed by atoms with E-state index in [0.717, 1.165) is 61.9 Å². The fraction of sp³-hybridized carbons (Fsp3) is 0.609. The number of ether oxygens (including phenoxy) is 6. The van der Waals surface area contributed by atoms with Crippen LogP contribution >= 0.6 is 0 Å². The summed E-state index contributed by atoms with van der Waals surface area (Å²) < 4.78 is 66.8. The second-order valence-corrected chi connectivity index (χ2v) is 20.3. The van der Waals surface area contributed by atoms with Crippen molar-refractivity contribution < 1.29 is 93.9 Å². The Morgan fingerprint density at radius 2 is 0.929 bits per heavy atom. The Labute approximate surface area is 404 Å². The van der Waals surface area contributed by atoms with Gasteiger partial charge >= 0.3 is 10.4 Å². The van der Waals surface area contributed by atoms with Gasteiger partial charge in [-0.25, -0.2) is 0 Å². The molecule has 10 heterocycles. The van der Waals surface area contributed by atoms with E-state index in [1.165, 1.54) is 24.0 Å². The third-order valence-electron chi connectivity index (χ3n) is 17.6. The maximum absolute atomic E-state index is 13.5. The quantitative estimate of drug-likeness (QED) is 0.243. The lowest BCUT2D eigenvalue weighted by Gasteiger charge is -2.58. The summed E-state index contributed by atoms with van der Waals surface area (Å²) in [6.45, 7) is 5.61. The van der Waals surface area contributed by atoms with E-state index in [1.807, 2.05) is 12.1 Å². The minimum atomic E-state index is -4.67. The second-order valence-electron chi connectivity index (χ2n) is 19.4. The third-order valence-corrected chi connectivity index (χ3v) is 17.6. The molecule has 2 aliphatic carbocycles. The molecule has 2 saturated carbocycles. The summed E-state index contributed by atoms with van der Waals surface area (Å²) in [5.74, 6) is 5.15. The standard InChI is InChI=1S/2C23H26N2O4.H2O4S.7H2O/c2*1-27-16-8-14-15(9-17(16)28-2)25-20(26)10-18-21-13-7-19-23(14,22(21)25)4-5-24(19)11-12(13)3-6-29-18;1-5(2,3)4;;;;;;;/h2*3,8-9,13,18-19,21-22H,4-7,10-11H2,1-2H3;(H2,1,2,3,4);7*1H2. The molecule has 4 bridgehead atoms. The number of fused-ring (bicyclic) bond motifs is 4. The second kappa shape index (κ2) is 19.5. The molecule has 12 unspecified atom stereocenters. The fourth-order valence-corrected chi connectivity index (χ4v) is 15.7. The van der Waals surface area contributed by atoms with Gasteiger partial charge in [-0.15, -0.1) is 0 Å². The molecule has 12 aliphatic rings. The van der Waals surface area contributed by atoms with E-state index >= 15 is 0 Å². The topological polar surface area (TPSA) is 398 Å². The first-order chi connectivity index (χ1) is 30.3. The maximum atomic E-state index is 13.5. The van der Waals surface area contributed by atoms with Crippen molar-refractivity contribution in [2.24, 2.45) is 23.7 Å². The van der Waals surface area contributed by atoms with Crippen LogP contribution in [0.4, 0.5) is 11.4 Å². The lowest BCUT2D eigenvalue weighted by molar-refractivity contribution is -0.133. The zero-order chi connectivity index (χ0) is 43.5. The highest BCUT2D eigenvalue weighted by molar-refractivity contribution is 7.79. The Bertz CT molecular complexity index is 2370. The molecular formula is C46H68N4O19S. The Hall–Kier alpha value is -4.51. The van der Waals surface area contributed by atoms with Crippen LogP contribution in [0.15, 0.2) is 47.6 Å². The summed E-state index contributed by atoms with van der Waals surface area (Å²) in [6, 6.07) is 9.74. The maximum Gasteiger partial charge on any atom is 0.394 e. The van der Waals surface area contributed by atoms with Crippen molar-refractivity contribution in [2.45, 2.75) is 85.7 Å². The molecule has 16 N–H and O–H groups in total. The highest BCUT2D eigenvalue weighted by Crippen LogP contribution is 2.68. The van der Waals surface area contributed by atoms with Gasteiger partial charge in [-0.3, -0.25) is 28.5 Å². The van der Waals surface area contributed by atoms with Crippen LogP contribution in [0.25, 0.3) is 0 Å². The van der Waals surface area contributed by atoms with Gasteiger partial charge in [0.15, 0.2) is 23.0 Å². The molecule has 2 spiro atoms. The summed E-state index contributed by atoms with van der Waals surface area (Å²) in [5, 5.41) is 0. The number of hydrogen-bond acceptors (Lipinski definition) is 12. The molecule has 392 valence electrons. The lowest BCUT2D eigenvalue weighted by atomic mass is 9.53. The number of anilines is 2. The van der Waals surface area contributed by atoms with Crippen LogP contribution < -0.4 is 28.7 Å². The van der Waals surface area contributed by atoms with Gasteiger partial charge in [0, 0.05) is 60.0 Å². The van der Waals surface area contributed by atoms with Gasteiger partial charge in [0.1, 0.15) is 0 Å². The molecule has 2 amide bonds. The summed E-state index contributed by atoms with van der Waals surface area (Å²) in [7, 11) is 2.05. The Kier molecular flexibility index (Phi) is 15.7. The van der Waals surface area contributed by atoms with Gasteiger partial charge in [-0.05, 0) is 73.9 Å². The first kappa shape index (κ1) is 56.4. The molecule has 70 heavy (non-hydrogen) atoms. The average molecular weight is 1010 g/mol. The Morgan fingerprint density at radius 1 is 0.586 bits per heavy atom. The fourth-order valence-electron chi connectivity index (χ4n) is 15.7. The van der Waals surface area contributed by atoms with Crippen LogP contribution in [-0.2, 0) is 40.3 Å². The SMILES string of the molecule is COc1cc2c(cc1OC)C13CCN4CC5=CCOC6CC(=O)N2C1C6C5CC43.COc1cc2c(cc1OC)C13CCN4CC5=CCOC6CC(=O)N2C1C6C5CC43.O.O.O.O.O.O.O.O=S(=O)(O)O. The van der Waals surface area contributed by atoms with Gasteiger partial charge in [0.25, 0.3) is 0 Å². The molecule has 14 rings (SSSR count). The molecular weight excluding hydrogens is 945 g/mol. The number of benzene rings is 2. The Morgan fingerprint density at radius 3 is 1.27 bits per heavy atom. The van der Waals surface area contributed by atoms with Crippen molar-refractivity contribution in [3.8, 4) is 23.0 Å². The first-order valence-electron chi connectivity index (χ1n) is 22.3. The lowest BCUT2D eigenvalue weighted by Crippen LogP contribution is -2.69.